The number of fused-ring (bicyclic) bond motifs is 5. The SMILES string of the molecule is CC[C@@]1(O)C(=O)OCc2c1cc1n(c2=O)Cc2c-1nc1cc(F)c(C)c3c1c2[C@@H](NC(=O)[C@@H](OCNC(=O)CNC(=O)[C@H](Cc1ccccc1)NC(=O)CNC(=O)CNC(=O)C(CNCOP(=O)(O)O)N1C(=O)C=CC1=O)C(F)(F)F)CC3. The third kappa shape index (κ3) is 13.3. The van der Waals surface area contributed by atoms with Crippen molar-refractivity contribution in [3.63, 3.8) is 0 Å². The molecule has 2 aromatic carbocycles. The fourth-order valence-corrected chi connectivity index (χ4v) is 10.3. The van der Waals surface area contributed by atoms with Crippen LogP contribution in [0, 0.1) is 12.7 Å². The normalized spacial score (nSPS) is 18.1. The van der Waals surface area contributed by atoms with Gasteiger partial charge in [-0.05, 0) is 54.5 Å². The highest BCUT2D eigenvalue weighted by Gasteiger charge is 2.49. The number of phosphoric ester groups is 1. The molecule has 0 bridgehead atoms. The number of imide groups is 1. The molecule has 0 spiro atoms. The third-order valence-electron chi connectivity index (χ3n) is 14.1. The monoisotopic (exact) mass is 1180 g/mol. The Hall–Kier alpha value is -8.32. The van der Waals surface area contributed by atoms with Gasteiger partial charge >= 0.3 is 20.0 Å². The number of carbonyl (C=O) groups is 9. The van der Waals surface area contributed by atoms with Crippen LogP contribution in [0.2, 0.25) is 0 Å². The summed E-state index contributed by atoms with van der Waals surface area (Å²) in [6.45, 7) is -2.72. The summed E-state index contributed by atoms with van der Waals surface area (Å²) >= 11 is 0. The van der Waals surface area contributed by atoms with E-state index in [1.165, 1.54) is 24.5 Å². The number of cyclic esters (lactones) is 1. The summed E-state index contributed by atoms with van der Waals surface area (Å²) in [5, 5.41) is 27.5. The molecule has 83 heavy (non-hydrogen) atoms. The van der Waals surface area contributed by atoms with E-state index >= 15 is 4.39 Å². The van der Waals surface area contributed by atoms with Crippen molar-refractivity contribution in [1.29, 1.82) is 0 Å². The Morgan fingerprint density at radius 3 is 2.20 bits per heavy atom. The number of aryl methyl sites for hydroxylation is 1. The molecule has 1 unspecified atom stereocenters. The number of hydrogen-bond acceptors (Lipinski definition) is 17. The number of carbonyl (C=O) groups excluding carboxylic acids is 9. The van der Waals surface area contributed by atoms with Gasteiger partial charge in [-0.3, -0.25) is 57.9 Å². The number of benzene rings is 2. The zero-order valence-corrected chi connectivity index (χ0v) is 44.7. The van der Waals surface area contributed by atoms with E-state index in [2.05, 4.69) is 36.4 Å². The summed E-state index contributed by atoms with van der Waals surface area (Å²) < 4.78 is 86.1. The average Bonchev–Trinajstić information content (AvgIpc) is 3.85. The molecule has 5 heterocycles. The van der Waals surface area contributed by atoms with Crippen molar-refractivity contribution >= 4 is 72.0 Å². The smallest absolute Gasteiger partial charge is 0.458 e. The molecular formula is C51H53F4N10O17P. The largest absolute Gasteiger partial charge is 0.470 e. The number of hydrogen-bond donors (Lipinski definition) is 10. The second kappa shape index (κ2) is 24.6. The summed E-state index contributed by atoms with van der Waals surface area (Å²) in [6.07, 6.45) is -7.14. The number of pyridine rings is 2. The predicted octanol–water partition coefficient (Wildman–Crippen LogP) is -1.32. The van der Waals surface area contributed by atoms with Crippen molar-refractivity contribution in [2.75, 3.05) is 39.6 Å². The number of nitrogens with zero attached hydrogens (tertiary/aromatic N) is 3. The molecular weight excluding hydrogens is 1130 g/mol. The molecule has 27 nitrogen and oxygen atoms in total. The van der Waals surface area contributed by atoms with Crippen molar-refractivity contribution in [2.45, 2.75) is 88.7 Å². The molecule has 4 aliphatic rings. The Balaban J connectivity index is 0.877. The van der Waals surface area contributed by atoms with E-state index in [4.69, 9.17) is 24.2 Å². The molecule has 3 aliphatic heterocycles. The summed E-state index contributed by atoms with van der Waals surface area (Å²) in [7, 11) is -4.94. The maximum atomic E-state index is 15.4. The minimum absolute atomic E-state index is 0.00545. The van der Waals surface area contributed by atoms with Crippen molar-refractivity contribution in [3.8, 4) is 11.4 Å². The first-order chi connectivity index (χ1) is 39.2. The highest BCUT2D eigenvalue weighted by Crippen LogP contribution is 2.46. The molecule has 8 rings (SSSR count). The van der Waals surface area contributed by atoms with Crippen LogP contribution in [-0.4, -0.2) is 147 Å². The zero-order chi connectivity index (χ0) is 60.3. The Bertz CT molecular complexity index is 3470. The van der Waals surface area contributed by atoms with Gasteiger partial charge in [0, 0.05) is 47.7 Å². The van der Waals surface area contributed by atoms with Crippen molar-refractivity contribution in [2.24, 2.45) is 0 Å². The van der Waals surface area contributed by atoms with E-state index in [1.54, 1.807) is 30.3 Å². The molecule has 0 saturated carbocycles. The van der Waals surface area contributed by atoms with Gasteiger partial charge in [0.1, 0.15) is 38.0 Å². The number of ether oxygens (including phenoxy) is 2. The molecule has 8 amide bonds. The van der Waals surface area contributed by atoms with Crippen molar-refractivity contribution in [3.05, 3.63) is 110 Å². The molecule has 10 N–H and O–H groups in total. The summed E-state index contributed by atoms with van der Waals surface area (Å²) in [5.41, 5.74) is -0.790. The van der Waals surface area contributed by atoms with Crippen LogP contribution in [-0.2, 0) is 93.3 Å². The standard InChI is InChI=1S/C51H53F4N10O17P/c1-3-50(76)29-14-34-43-27(20-64(34)48(74)28(29)21-80-49(50)75)42-31(10-9-26-24(2)30(52)15-32(62-43)41(26)42)63-47(73)44(51(53,54)55)81-23-60-37(67)18-58-45(71)33(13-25-7-5-4-6-8-25)61-38(68)19-57-36(66)17-59-46(72)35(16-56-22-82-83(77,78)79)65-39(69)11-12-40(65)70/h4-8,11-12,14-15,31,33,35,44,56,76H,3,9-10,13,16-23H2,1-2H3,(H,57,66)(H,58,71)(H,59,72)(H,60,67)(H,61,68)(H,63,73)(H2,77,78,79)/t31-,33-,35?,44+,50-/m0/s1. The number of amides is 8. The summed E-state index contributed by atoms with van der Waals surface area (Å²) in [4.78, 5) is 153. The lowest BCUT2D eigenvalue weighted by Crippen LogP contribution is -2.55. The van der Waals surface area contributed by atoms with Gasteiger partial charge in [0.25, 0.3) is 23.3 Å². The van der Waals surface area contributed by atoms with E-state index < -0.39 is 155 Å². The first-order valence-electron chi connectivity index (χ1n) is 25.4. The van der Waals surface area contributed by atoms with Gasteiger partial charge in [0.2, 0.25) is 35.6 Å². The molecule has 32 heteroatoms. The van der Waals surface area contributed by atoms with Gasteiger partial charge < -0.3 is 60.8 Å². The first kappa shape index (κ1) is 60.8. The van der Waals surface area contributed by atoms with Gasteiger partial charge in [-0.25, -0.2) is 18.7 Å². The maximum absolute atomic E-state index is 15.4. The average molecular weight is 1190 g/mol. The zero-order valence-electron chi connectivity index (χ0n) is 43.8. The second-order valence-electron chi connectivity index (χ2n) is 19.4. The highest BCUT2D eigenvalue weighted by atomic mass is 31.2. The topological polar surface area (TPSA) is 381 Å². The van der Waals surface area contributed by atoms with Crippen LogP contribution < -0.4 is 42.8 Å². The molecule has 4 aromatic rings. The summed E-state index contributed by atoms with van der Waals surface area (Å²) in [6, 6.07) is 6.36. The van der Waals surface area contributed by atoms with Crippen LogP contribution in [0.3, 0.4) is 0 Å². The predicted molar refractivity (Wildman–Crippen MR) is 274 cm³/mol. The van der Waals surface area contributed by atoms with Crippen LogP contribution in [0.1, 0.15) is 64.8 Å². The van der Waals surface area contributed by atoms with Crippen LogP contribution in [0.15, 0.2) is 59.4 Å². The minimum atomic E-state index is -5.37. The molecule has 5 atom stereocenters. The number of esters is 1. The van der Waals surface area contributed by atoms with E-state index in [1.807, 2.05) is 5.32 Å². The number of aliphatic hydroxyl groups is 1. The number of nitrogens with one attached hydrogen (secondary N) is 7. The Kier molecular flexibility index (Phi) is 18.0. The Morgan fingerprint density at radius 1 is 0.880 bits per heavy atom. The number of alkyl halides is 3. The van der Waals surface area contributed by atoms with Crippen LogP contribution in [0.25, 0.3) is 22.3 Å². The minimum Gasteiger partial charge on any atom is -0.458 e. The quantitative estimate of drug-likeness (QED) is 0.00905. The fraction of sp³-hybridized carbons (Fsp3) is 0.392. The Morgan fingerprint density at radius 2 is 1.54 bits per heavy atom. The first-order valence-corrected chi connectivity index (χ1v) is 26.9. The van der Waals surface area contributed by atoms with Gasteiger partial charge in [-0.2, -0.15) is 13.2 Å². The maximum Gasteiger partial charge on any atom is 0.470 e. The number of rotatable bonds is 23. The van der Waals surface area contributed by atoms with E-state index in [0.717, 1.165) is 18.2 Å². The van der Waals surface area contributed by atoms with Gasteiger partial charge in [-0.15, -0.1) is 0 Å². The van der Waals surface area contributed by atoms with Gasteiger partial charge in [-0.1, -0.05) is 37.3 Å². The lowest BCUT2D eigenvalue weighted by atomic mass is 9.81. The van der Waals surface area contributed by atoms with Crippen LogP contribution in [0.5, 0.6) is 0 Å². The number of aromatic nitrogens is 2. The molecule has 1 aliphatic carbocycles. The van der Waals surface area contributed by atoms with Crippen molar-refractivity contribution < 1.29 is 94.2 Å². The molecule has 0 fully saturated rings. The third-order valence-corrected chi connectivity index (χ3v) is 14.6. The van der Waals surface area contributed by atoms with Crippen molar-refractivity contribution in [1.82, 2.24) is 51.7 Å². The highest BCUT2D eigenvalue weighted by molar-refractivity contribution is 7.46. The van der Waals surface area contributed by atoms with Gasteiger partial charge in [0.15, 0.2) is 5.60 Å². The van der Waals surface area contributed by atoms with Gasteiger partial charge in [0.05, 0.1) is 54.7 Å². The van der Waals surface area contributed by atoms with Crippen LogP contribution >= 0.6 is 7.82 Å². The molecule has 2 aromatic heterocycles. The van der Waals surface area contributed by atoms with E-state index in [-0.39, 0.29) is 71.4 Å². The molecule has 0 saturated heterocycles. The lowest BCUT2D eigenvalue weighted by Gasteiger charge is -2.31. The second-order valence-corrected chi connectivity index (χ2v) is 20.6. The van der Waals surface area contributed by atoms with E-state index in [9.17, 15) is 70.8 Å². The van der Waals surface area contributed by atoms with Crippen LogP contribution in [0.4, 0.5) is 17.6 Å². The Labute approximate surface area is 466 Å². The summed E-state index contributed by atoms with van der Waals surface area (Å²) in [5.74, 6) is -10.2. The number of phosphoric acid groups is 1. The molecule has 0 radical (unpaired) electrons. The molecule has 442 valence electrons. The number of halogens is 4. The van der Waals surface area contributed by atoms with E-state index in [0.29, 0.717) is 27.0 Å². The fourth-order valence-electron chi connectivity index (χ4n) is 10.0. The lowest BCUT2D eigenvalue weighted by molar-refractivity contribution is -0.220.